The van der Waals surface area contributed by atoms with E-state index in [0.717, 1.165) is 35.7 Å². The smallest absolute Gasteiger partial charge is 0.0928 e. The van der Waals surface area contributed by atoms with Crippen molar-refractivity contribution in [1.29, 1.82) is 0 Å². The van der Waals surface area contributed by atoms with Gasteiger partial charge in [-0.25, -0.2) is 0 Å². The van der Waals surface area contributed by atoms with E-state index in [2.05, 4.69) is 37.9 Å². The molecule has 1 saturated carbocycles. The molecule has 0 radical (unpaired) electrons. The molecule has 0 bridgehead atoms. The maximum Gasteiger partial charge on any atom is 0.0928 e. The molecule has 2 aromatic rings. The SMILES string of the molecule is CC1CC(C)(C)CCC1(O)c1cccc2ncccc12. The average molecular weight is 269 g/mol. The predicted octanol–water partition coefficient (Wildman–Crippen LogP) is 4.27. The van der Waals surface area contributed by atoms with Crippen LogP contribution in [-0.4, -0.2) is 10.1 Å². The van der Waals surface area contributed by atoms with Crippen molar-refractivity contribution in [3.63, 3.8) is 0 Å². The monoisotopic (exact) mass is 269 g/mol. The molecule has 0 saturated heterocycles. The number of benzene rings is 1. The van der Waals surface area contributed by atoms with E-state index in [1.165, 1.54) is 0 Å². The fourth-order valence-corrected chi connectivity index (χ4v) is 3.76. The molecule has 1 fully saturated rings. The van der Waals surface area contributed by atoms with Crippen LogP contribution in [0.4, 0.5) is 0 Å². The summed E-state index contributed by atoms with van der Waals surface area (Å²) in [4.78, 5) is 4.41. The molecule has 2 heteroatoms. The average Bonchev–Trinajstić information content (AvgIpc) is 2.42. The van der Waals surface area contributed by atoms with Crippen LogP contribution in [0.25, 0.3) is 10.9 Å². The maximum absolute atomic E-state index is 11.3. The van der Waals surface area contributed by atoms with Gasteiger partial charge in [-0.2, -0.15) is 0 Å². The highest BCUT2D eigenvalue weighted by Crippen LogP contribution is 2.49. The van der Waals surface area contributed by atoms with Gasteiger partial charge in [0.2, 0.25) is 0 Å². The van der Waals surface area contributed by atoms with Crippen LogP contribution in [0.15, 0.2) is 36.5 Å². The Morgan fingerprint density at radius 3 is 2.70 bits per heavy atom. The molecule has 2 atom stereocenters. The predicted molar refractivity (Wildman–Crippen MR) is 82.4 cm³/mol. The van der Waals surface area contributed by atoms with E-state index in [0.29, 0.717) is 5.41 Å². The Bertz CT molecular complexity index is 629. The van der Waals surface area contributed by atoms with Crippen molar-refractivity contribution in [3.05, 3.63) is 42.1 Å². The van der Waals surface area contributed by atoms with Crippen molar-refractivity contribution in [2.75, 3.05) is 0 Å². The van der Waals surface area contributed by atoms with Crippen LogP contribution in [0, 0.1) is 11.3 Å². The molecule has 1 N–H and O–H groups in total. The Morgan fingerprint density at radius 2 is 1.95 bits per heavy atom. The van der Waals surface area contributed by atoms with Crippen LogP contribution in [0.2, 0.25) is 0 Å². The first kappa shape index (κ1) is 13.6. The first-order valence-corrected chi connectivity index (χ1v) is 7.49. The van der Waals surface area contributed by atoms with E-state index in [9.17, 15) is 5.11 Å². The summed E-state index contributed by atoms with van der Waals surface area (Å²) in [6.07, 6.45) is 4.75. The molecular weight excluding hydrogens is 246 g/mol. The van der Waals surface area contributed by atoms with Crippen LogP contribution in [-0.2, 0) is 5.60 Å². The van der Waals surface area contributed by atoms with Crippen molar-refractivity contribution in [3.8, 4) is 0 Å². The summed E-state index contributed by atoms with van der Waals surface area (Å²) < 4.78 is 0. The lowest BCUT2D eigenvalue weighted by molar-refractivity contribution is -0.0758. The Balaban J connectivity index is 2.10. The third kappa shape index (κ3) is 2.12. The van der Waals surface area contributed by atoms with Crippen molar-refractivity contribution in [2.24, 2.45) is 11.3 Å². The highest BCUT2D eigenvalue weighted by atomic mass is 16.3. The first-order chi connectivity index (χ1) is 9.42. The molecule has 0 amide bonds. The Morgan fingerprint density at radius 1 is 1.15 bits per heavy atom. The normalized spacial score (nSPS) is 29.5. The van der Waals surface area contributed by atoms with Crippen LogP contribution >= 0.6 is 0 Å². The van der Waals surface area contributed by atoms with E-state index >= 15 is 0 Å². The lowest BCUT2D eigenvalue weighted by atomic mass is 9.63. The summed E-state index contributed by atoms with van der Waals surface area (Å²) in [5.41, 5.74) is 1.62. The Kier molecular flexibility index (Phi) is 3.09. The summed E-state index contributed by atoms with van der Waals surface area (Å²) in [6.45, 7) is 6.78. The second-order valence-electron chi connectivity index (χ2n) is 7.07. The zero-order valence-corrected chi connectivity index (χ0v) is 12.6. The van der Waals surface area contributed by atoms with E-state index in [1.54, 1.807) is 0 Å². The number of aromatic nitrogens is 1. The molecule has 0 spiro atoms. The summed E-state index contributed by atoms with van der Waals surface area (Å²) in [5.74, 6) is 0.261. The minimum Gasteiger partial charge on any atom is -0.385 e. The van der Waals surface area contributed by atoms with Gasteiger partial charge >= 0.3 is 0 Å². The number of aliphatic hydroxyl groups is 1. The molecule has 2 nitrogen and oxygen atoms in total. The van der Waals surface area contributed by atoms with Crippen molar-refractivity contribution in [2.45, 2.75) is 45.6 Å². The van der Waals surface area contributed by atoms with Crippen molar-refractivity contribution < 1.29 is 5.11 Å². The van der Waals surface area contributed by atoms with Crippen LogP contribution in [0.1, 0.15) is 45.6 Å². The van der Waals surface area contributed by atoms with E-state index in [-0.39, 0.29) is 5.92 Å². The fraction of sp³-hybridized carbons (Fsp3) is 0.500. The lowest BCUT2D eigenvalue weighted by Gasteiger charge is -2.45. The third-order valence-electron chi connectivity index (χ3n) is 4.97. The summed E-state index contributed by atoms with van der Waals surface area (Å²) in [5, 5.41) is 12.4. The van der Waals surface area contributed by atoms with Gasteiger partial charge in [0.25, 0.3) is 0 Å². The van der Waals surface area contributed by atoms with Gasteiger partial charge in [0.05, 0.1) is 11.1 Å². The number of fused-ring (bicyclic) bond motifs is 1. The summed E-state index contributed by atoms with van der Waals surface area (Å²) >= 11 is 0. The molecule has 1 aliphatic carbocycles. The molecule has 1 aromatic heterocycles. The van der Waals surface area contributed by atoms with Gasteiger partial charge in [-0.3, -0.25) is 4.98 Å². The zero-order chi connectivity index (χ0) is 14.4. The summed E-state index contributed by atoms with van der Waals surface area (Å²) in [7, 11) is 0. The quantitative estimate of drug-likeness (QED) is 0.838. The topological polar surface area (TPSA) is 33.1 Å². The first-order valence-electron chi connectivity index (χ1n) is 7.49. The fourth-order valence-electron chi connectivity index (χ4n) is 3.76. The molecular formula is C18H23NO. The maximum atomic E-state index is 11.3. The van der Waals surface area contributed by atoms with Crippen molar-refractivity contribution >= 4 is 10.9 Å². The number of hydrogen-bond acceptors (Lipinski definition) is 2. The number of nitrogens with zero attached hydrogens (tertiary/aromatic N) is 1. The lowest BCUT2D eigenvalue weighted by Crippen LogP contribution is -2.41. The van der Waals surface area contributed by atoms with Gasteiger partial charge in [0.1, 0.15) is 0 Å². The summed E-state index contributed by atoms with van der Waals surface area (Å²) in [6, 6.07) is 10.1. The minimum absolute atomic E-state index is 0.261. The molecule has 1 heterocycles. The van der Waals surface area contributed by atoms with E-state index in [4.69, 9.17) is 0 Å². The van der Waals surface area contributed by atoms with E-state index < -0.39 is 5.60 Å². The van der Waals surface area contributed by atoms with Crippen LogP contribution < -0.4 is 0 Å². The molecule has 20 heavy (non-hydrogen) atoms. The van der Waals surface area contributed by atoms with Gasteiger partial charge in [-0.15, -0.1) is 0 Å². The van der Waals surface area contributed by atoms with Crippen molar-refractivity contribution in [1.82, 2.24) is 4.98 Å². The third-order valence-corrected chi connectivity index (χ3v) is 4.97. The van der Waals surface area contributed by atoms with Gasteiger partial charge in [-0.1, -0.05) is 39.0 Å². The zero-order valence-electron chi connectivity index (χ0n) is 12.6. The number of pyridine rings is 1. The highest BCUT2D eigenvalue weighted by Gasteiger charge is 2.44. The van der Waals surface area contributed by atoms with Gasteiger partial charge < -0.3 is 5.11 Å². The van der Waals surface area contributed by atoms with Gasteiger partial charge in [-0.05, 0) is 48.3 Å². The van der Waals surface area contributed by atoms with Gasteiger partial charge in [0.15, 0.2) is 0 Å². The van der Waals surface area contributed by atoms with Crippen LogP contribution in [0.5, 0.6) is 0 Å². The van der Waals surface area contributed by atoms with Crippen LogP contribution in [0.3, 0.4) is 0 Å². The minimum atomic E-state index is -0.724. The highest BCUT2D eigenvalue weighted by molar-refractivity contribution is 5.82. The molecule has 1 aromatic carbocycles. The Hall–Kier alpha value is -1.41. The number of rotatable bonds is 1. The molecule has 2 unspecified atom stereocenters. The standard InChI is InChI=1S/C18H23NO/c1-13-12-17(2,3)9-10-18(13,20)15-7-4-8-16-14(15)6-5-11-19-16/h4-8,11,13,20H,9-10,12H2,1-3H3. The molecule has 0 aliphatic heterocycles. The second kappa shape index (κ2) is 4.56. The molecule has 3 rings (SSSR count). The molecule has 1 aliphatic rings. The second-order valence-corrected chi connectivity index (χ2v) is 7.07. The largest absolute Gasteiger partial charge is 0.385 e. The van der Waals surface area contributed by atoms with E-state index in [1.807, 2.05) is 24.4 Å². The van der Waals surface area contributed by atoms with Gasteiger partial charge in [0, 0.05) is 11.6 Å². The number of hydrogen-bond donors (Lipinski definition) is 1. The Labute approximate surface area is 120 Å². The molecule has 106 valence electrons.